The van der Waals surface area contributed by atoms with Gasteiger partial charge in [-0.3, -0.25) is 4.79 Å². The number of hydrogen-bond acceptors (Lipinski definition) is 2. The van der Waals surface area contributed by atoms with Crippen LogP contribution < -0.4 is 5.32 Å². The minimum atomic E-state index is 0.0877. The van der Waals surface area contributed by atoms with Gasteiger partial charge in [0, 0.05) is 19.6 Å². The van der Waals surface area contributed by atoms with Gasteiger partial charge in [0.05, 0.1) is 0 Å². The lowest BCUT2D eigenvalue weighted by Gasteiger charge is -2.16. The SMILES string of the molecule is O=C(CCc1ccccc1)NCCC(CCO)c1ccccc1. The second kappa shape index (κ2) is 9.80. The summed E-state index contributed by atoms with van der Waals surface area (Å²) >= 11 is 0. The third-order valence-electron chi connectivity index (χ3n) is 4.05. The van der Waals surface area contributed by atoms with E-state index in [0.717, 1.165) is 19.3 Å². The van der Waals surface area contributed by atoms with Crippen molar-refractivity contribution in [2.75, 3.05) is 13.2 Å². The van der Waals surface area contributed by atoms with E-state index in [1.807, 2.05) is 48.5 Å². The minimum absolute atomic E-state index is 0.0877. The van der Waals surface area contributed by atoms with Gasteiger partial charge in [0.1, 0.15) is 0 Å². The first-order valence-corrected chi connectivity index (χ1v) is 8.26. The molecule has 23 heavy (non-hydrogen) atoms. The molecule has 0 aliphatic carbocycles. The number of hydrogen-bond donors (Lipinski definition) is 2. The Hall–Kier alpha value is -2.13. The molecule has 0 fully saturated rings. The van der Waals surface area contributed by atoms with Crippen LogP contribution in [0.15, 0.2) is 60.7 Å². The summed E-state index contributed by atoms with van der Waals surface area (Å²) in [4.78, 5) is 11.9. The van der Waals surface area contributed by atoms with E-state index in [2.05, 4.69) is 17.4 Å². The molecule has 0 aliphatic rings. The van der Waals surface area contributed by atoms with Crippen molar-refractivity contribution >= 4 is 5.91 Å². The van der Waals surface area contributed by atoms with Gasteiger partial charge < -0.3 is 10.4 Å². The molecule has 2 N–H and O–H groups in total. The molecule has 0 bridgehead atoms. The highest BCUT2D eigenvalue weighted by atomic mass is 16.3. The number of benzene rings is 2. The van der Waals surface area contributed by atoms with Crippen LogP contribution in [0, 0.1) is 0 Å². The number of amides is 1. The highest BCUT2D eigenvalue weighted by Gasteiger charge is 2.11. The summed E-state index contributed by atoms with van der Waals surface area (Å²) in [5, 5.41) is 12.2. The van der Waals surface area contributed by atoms with Crippen LogP contribution in [0.5, 0.6) is 0 Å². The molecule has 1 amide bonds. The van der Waals surface area contributed by atoms with Crippen LogP contribution in [-0.2, 0) is 11.2 Å². The van der Waals surface area contributed by atoms with Gasteiger partial charge in [-0.1, -0.05) is 60.7 Å². The average Bonchev–Trinajstić information content (AvgIpc) is 2.61. The average molecular weight is 311 g/mol. The molecule has 1 atom stereocenters. The van der Waals surface area contributed by atoms with Crippen molar-refractivity contribution in [3.63, 3.8) is 0 Å². The van der Waals surface area contributed by atoms with E-state index >= 15 is 0 Å². The van der Waals surface area contributed by atoms with Gasteiger partial charge >= 0.3 is 0 Å². The summed E-state index contributed by atoms with van der Waals surface area (Å²) in [6, 6.07) is 20.2. The molecule has 2 aromatic carbocycles. The Bertz CT molecular complexity index is 569. The second-order valence-electron chi connectivity index (χ2n) is 5.74. The van der Waals surface area contributed by atoms with Crippen molar-refractivity contribution in [2.45, 2.75) is 31.6 Å². The lowest BCUT2D eigenvalue weighted by Crippen LogP contribution is -2.26. The Morgan fingerprint density at radius 3 is 2.26 bits per heavy atom. The van der Waals surface area contributed by atoms with E-state index in [9.17, 15) is 9.90 Å². The maximum atomic E-state index is 11.9. The molecular weight excluding hydrogens is 286 g/mol. The van der Waals surface area contributed by atoms with Crippen molar-refractivity contribution < 1.29 is 9.90 Å². The van der Waals surface area contributed by atoms with Crippen LogP contribution in [0.4, 0.5) is 0 Å². The first-order chi connectivity index (χ1) is 11.3. The van der Waals surface area contributed by atoms with Crippen LogP contribution in [0.25, 0.3) is 0 Å². The van der Waals surface area contributed by atoms with Gasteiger partial charge in [-0.25, -0.2) is 0 Å². The topological polar surface area (TPSA) is 49.3 Å². The predicted octanol–water partition coefficient (Wildman–Crippen LogP) is 3.29. The Kier molecular flexibility index (Phi) is 7.34. The van der Waals surface area contributed by atoms with E-state index in [4.69, 9.17) is 0 Å². The summed E-state index contributed by atoms with van der Waals surface area (Å²) in [5.41, 5.74) is 2.41. The molecule has 3 nitrogen and oxygen atoms in total. The molecule has 3 heteroatoms. The standard InChI is InChI=1S/C20H25NO2/c22-16-14-19(18-9-5-2-6-10-18)13-15-21-20(23)12-11-17-7-3-1-4-8-17/h1-10,19,22H,11-16H2,(H,21,23). The Labute approximate surface area is 138 Å². The molecule has 1 unspecified atom stereocenters. The first kappa shape index (κ1) is 17.2. The van der Waals surface area contributed by atoms with Crippen molar-refractivity contribution in [2.24, 2.45) is 0 Å². The quantitative estimate of drug-likeness (QED) is 0.746. The first-order valence-electron chi connectivity index (χ1n) is 8.26. The third kappa shape index (κ3) is 6.25. The molecule has 0 saturated carbocycles. The summed E-state index contributed by atoms with van der Waals surface area (Å²) in [6.07, 6.45) is 2.86. The maximum Gasteiger partial charge on any atom is 0.220 e. The molecule has 0 saturated heterocycles. The third-order valence-corrected chi connectivity index (χ3v) is 4.05. The normalized spacial score (nSPS) is 11.9. The fourth-order valence-electron chi connectivity index (χ4n) is 2.74. The van der Waals surface area contributed by atoms with Gasteiger partial charge in [0.2, 0.25) is 5.91 Å². The fourth-order valence-corrected chi connectivity index (χ4v) is 2.74. The summed E-state index contributed by atoms with van der Waals surface area (Å²) in [5.74, 6) is 0.375. The van der Waals surface area contributed by atoms with E-state index in [1.54, 1.807) is 0 Å². The summed E-state index contributed by atoms with van der Waals surface area (Å²) in [7, 11) is 0. The van der Waals surface area contributed by atoms with Crippen molar-refractivity contribution in [1.82, 2.24) is 5.32 Å². The predicted molar refractivity (Wildman–Crippen MR) is 93.3 cm³/mol. The van der Waals surface area contributed by atoms with E-state index in [-0.39, 0.29) is 18.4 Å². The van der Waals surface area contributed by atoms with Crippen molar-refractivity contribution in [3.8, 4) is 0 Å². The molecule has 0 radical (unpaired) electrons. The van der Waals surface area contributed by atoms with Crippen LogP contribution in [0.1, 0.15) is 36.3 Å². The van der Waals surface area contributed by atoms with Crippen LogP contribution in [0.2, 0.25) is 0 Å². The zero-order valence-corrected chi connectivity index (χ0v) is 13.4. The molecule has 2 aromatic rings. The minimum Gasteiger partial charge on any atom is -0.396 e. The van der Waals surface area contributed by atoms with Gasteiger partial charge in [0.15, 0.2) is 0 Å². The molecule has 0 aliphatic heterocycles. The molecule has 2 rings (SSSR count). The van der Waals surface area contributed by atoms with E-state index < -0.39 is 0 Å². The zero-order valence-electron chi connectivity index (χ0n) is 13.4. The van der Waals surface area contributed by atoms with Crippen LogP contribution in [-0.4, -0.2) is 24.2 Å². The summed E-state index contributed by atoms with van der Waals surface area (Å²) < 4.78 is 0. The number of carbonyl (C=O) groups is 1. The number of aliphatic hydroxyl groups excluding tert-OH is 1. The molecule has 122 valence electrons. The lowest BCUT2D eigenvalue weighted by molar-refractivity contribution is -0.121. The number of rotatable bonds is 9. The van der Waals surface area contributed by atoms with Gasteiger partial charge in [-0.05, 0) is 36.3 Å². The molecule has 0 aromatic heterocycles. The molecule has 0 heterocycles. The fraction of sp³-hybridized carbons (Fsp3) is 0.350. The number of carbonyl (C=O) groups excluding carboxylic acids is 1. The van der Waals surface area contributed by atoms with Crippen LogP contribution in [0.3, 0.4) is 0 Å². The second-order valence-corrected chi connectivity index (χ2v) is 5.74. The molecule has 0 spiro atoms. The maximum absolute atomic E-state index is 11.9. The molecular formula is C20H25NO2. The monoisotopic (exact) mass is 311 g/mol. The van der Waals surface area contributed by atoms with Gasteiger partial charge in [-0.2, -0.15) is 0 Å². The van der Waals surface area contributed by atoms with Crippen molar-refractivity contribution in [3.05, 3.63) is 71.8 Å². The number of aryl methyl sites for hydroxylation is 1. The highest BCUT2D eigenvalue weighted by Crippen LogP contribution is 2.22. The Balaban J connectivity index is 1.73. The summed E-state index contributed by atoms with van der Waals surface area (Å²) in [6.45, 7) is 0.814. The van der Waals surface area contributed by atoms with Gasteiger partial charge in [0.25, 0.3) is 0 Å². The lowest BCUT2D eigenvalue weighted by atomic mass is 9.93. The van der Waals surface area contributed by atoms with E-state index in [0.29, 0.717) is 13.0 Å². The van der Waals surface area contributed by atoms with Crippen molar-refractivity contribution in [1.29, 1.82) is 0 Å². The Morgan fingerprint density at radius 2 is 1.61 bits per heavy atom. The van der Waals surface area contributed by atoms with Crippen LogP contribution >= 0.6 is 0 Å². The highest BCUT2D eigenvalue weighted by molar-refractivity contribution is 5.76. The number of nitrogens with one attached hydrogen (secondary N) is 1. The van der Waals surface area contributed by atoms with E-state index in [1.165, 1.54) is 11.1 Å². The Morgan fingerprint density at radius 1 is 0.957 bits per heavy atom. The number of aliphatic hydroxyl groups is 1. The van der Waals surface area contributed by atoms with Gasteiger partial charge in [-0.15, -0.1) is 0 Å². The largest absolute Gasteiger partial charge is 0.396 e. The zero-order chi connectivity index (χ0) is 16.3. The smallest absolute Gasteiger partial charge is 0.220 e.